The first-order valence-electron chi connectivity index (χ1n) is 11.1. The van der Waals surface area contributed by atoms with Crippen LogP contribution in [0, 0.1) is 5.82 Å². The van der Waals surface area contributed by atoms with Crippen LogP contribution in [-0.4, -0.2) is 51.9 Å². The molecule has 2 aromatic heterocycles. The zero-order chi connectivity index (χ0) is 23.2. The minimum atomic E-state index is -0.262. The maximum absolute atomic E-state index is 13.3. The van der Waals surface area contributed by atoms with Crippen LogP contribution in [0.5, 0.6) is 0 Å². The fourth-order valence-corrected chi connectivity index (χ4v) is 3.88. The molecule has 0 saturated carbocycles. The van der Waals surface area contributed by atoms with Crippen molar-refractivity contribution in [3.05, 3.63) is 66.4 Å². The van der Waals surface area contributed by atoms with Gasteiger partial charge in [-0.15, -0.1) is 0 Å². The van der Waals surface area contributed by atoms with Crippen molar-refractivity contribution in [2.75, 3.05) is 41.7 Å². The van der Waals surface area contributed by atoms with Gasteiger partial charge in [0.1, 0.15) is 23.3 Å². The summed E-state index contributed by atoms with van der Waals surface area (Å²) in [6.45, 7) is 6.64. The van der Waals surface area contributed by atoms with E-state index in [0.717, 1.165) is 37.3 Å². The van der Waals surface area contributed by atoms with E-state index in [4.69, 9.17) is 4.98 Å². The number of amides is 1. The van der Waals surface area contributed by atoms with E-state index in [9.17, 15) is 9.18 Å². The van der Waals surface area contributed by atoms with Crippen LogP contribution in [0.15, 0.2) is 55.0 Å². The molecular weight excluding hydrogens is 421 g/mol. The number of rotatable bonds is 6. The van der Waals surface area contributed by atoms with Crippen molar-refractivity contribution in [1.29, 1.82) is 0 Å². The van der Waals surface area contributed by atoms with Crippen LogP contribution in [0.3, 0.4) is 0 Å². The monoisotopic (exact) mass is 449 g/mol. The van der Waals surface area contributed by atoms with Crippen molar-refractivity contribution in [2.24, 2.45) is 0 Å². The molecule has 1 saturated heterocycles. The molecule has 1 aliphatic heterocycles. The van der Waals surface area contributed by atoms with Gasteiger partial charge in [0.15, 0.2) is 0 Å². The third kappa shape index (κ3) is 5.94. The van der Waals surface area contributed by atoms with E-state index in [1.807, 2.05) is 24.0 Å². The molecule has 1 aromatic carbocycles. The number of nitrogens with one attached hydrogen (secondary N) is 2. The van der Waals surface area contributed by atoms with Crippen LogP contribution in [0.2, 0.25) is 0 Å². The SMILES string of the molecule is CC(=O)N1CCCN(c2cc(Nc3cnccn3)nc(NC(C)c3ccc(F)cc3)c2)CC1. The summed E-state index contributed by atoms with van der Waals surface area (Å²) in [5.74, 6) is 1.76. The first-order valence-corrected chi connectivity index (χ1v) is 11.1. The molecule has 1 fully saturated rings. The quantitative estimate of drug-likeness (QED) is 0.589. The van der Waals surface area contributed by atoms with Gasteiger partial charge in [-0.1, -0.05) is 12.1 Å². The van der Waals surface area contributed by atoms with Gasteiger partial charge in [0.05, 0.1) is 6.20 Å². The number of halogens is 1. The number of anilines is 4. The van der Waals surface area contributed by atoms with Crippen molar-refractivity contribution in [3.8, 4) is 0 Å². The highest BCUT2D eigenvalue weighted by Gasteiger charge is 2.19. The number of benzene rings is 1. The highest BCUT2D eigenvalue weighted by molar-refractivity contribution is 5.73. The summed E-state index contributed by atoms with van der Waals surface area (Å²) >= 11 is 0. The minimum absolute atomic E-state index is 0.0740. The van der Waals surface area contributed by atoms with E-state index in [2.05, 4.69) is 25.5 Å². The lowest BCUT2D eigenvalue weighted by atomic mass is 10.1. The van der Waals surface area contributed by atoms with Gasteiger partial charge in [0.2, 0.25) is 5.91 Å². The van der Waals surface area contributed by atoms with E-state index in [1.165, 1.54) is 12.1 Å². The first-order chi connectivity index (χ1) is 16.0. The topological polar surface area (TPSA) is 86.3 Å². The smallest absolute Gasteiger partial charge is 0.219 e. The Morgan fingerprint density at radius 3 is 2.55 bits per heavy atom. The summed E-state index contributed by atoms with van der Waals surface area (Å²) in [6, 6.07) is 10.3. The third-order valence-electron chi connectivity index (χ3n) is 5.67. The molecule has 0 spiro atoms. The number of hydrogen-bond donors (Lipinski definition) is 2. The Morgan fingerprint density at radius 2 is 1.82 bits per heavy atom. The molecule has 1 aliphatic rings. The maximum atomic E-state index is 13.3. The number of carbonyl (C=O) groups is 1. The average molecular weight is 450 g/mol. The summed E-state index contributed by atoms with van der Waals surface area (Å²) in [6.07, 6.45) is 5.76. The van der Waals surface area contributed by atoms with Gasteiger partial charge < -0.3 is 20.4 Å². The van der Waals surface area contributed by atoms with Gasteiger partial charge in [-0.25, -0.2) is 14.4 Å². The van der Waals surface area contributed by atoms with E-state index >= 15 is 0 Å². The normalized spacial score (nSPS) is 15.0. The van der Waals surface area contributed by atoms with Crippen LogP contribution in [0.25, 0.3) is 0 Å². The molecule has 33 heavy (non-hydrogen) atoms. The van der Waals surface area contributed by atoms with Gasteiger partial charge >= 0.3 is 0 Å². The molecule has 0 bridgehead atoms. The molecule has 4 rings (SSSR count). The molecule has 2 N–H and O–H groups in total. The molecule has 1 unspecified atom stereocenters. The van der Waals surface area contributed by atoms with Gasteiger partial charge in [0.25, 0.3) is 0 Å². The first kappa shape index (κ1) is 22.4. The average Bonchev–Trinajstić information content (AvgIpc) is 3.07. The van der Waals surface area contributed by atoms with E-state index in [0.29, 0.717) is 24.0 Å². The highest BCUT2D eigenvalue weighted by Crippen LogP contribution is 2.27. The van der Waals surface area contributed by atoms with Crippen LogP contribution in [0.4, 0.5) is 27.5 Å². The number of nitrogens with zero attached hydrogens (tertiary/aromatic N) is 5. The van der Waals surface area contributed by atoms with Crippen molar-refractivity contribution in [2.45, 2.75) is 26.3 Å². The molecule has 8 nitrogen and oxygen atoms in total. The Balaban J connectivity index is 1.60. The standard InChI is InChI=1S/C24H28FN7O/c1-17(19-4-6-20(25)7-5-19)28-22-14-21(32-11-3-10-31(12-13-32)18(2)33)15-23(29-22)30-24-16-26-8-9-27-24/h4-9,14-17H,3,10-13H2,1-2H3,(H2,27,28,29,30). The minimum Gasteiger partial charge on any atom is -0.369 e. The molecular formula is C24H28FN7O. The Morgan fingerprint density at radius 1 is 1.03 bits per heavy atom. The molecule has 1 atom stereocenters. The zero-order valence-corrected chi connectivity index (χ0v) is 18.8. The molecule has 3 heterocycles. The van der Waals surface area contributed by atoms with Gasteiger partial charge in [0, 0.05) is 69.4 Å². The van der Waals surface area contributed by atoms with E-state index in [1.54, 1.807) is 37.6 Å². The van der Waals surface area contributed by atoms with Crippen LogP contribution >= 0.6 is 0 Å². The van der Waals surface area contributed by atoms with Crippen LogP contribution in [0.1, 0.15) is 31.9 Å². The molecule has 172 valence electrons. The van der Waals surface area contributed by atoms with E-state index in [-0.39, 0.29) is 17.8 Å². The predicted molar refractivity (Wildman–Crippen MR) is 127 cm³/mol. The molecule has 0 radical (unpaired) electrons. The molecule has 0 aliphatic carbocycles. The molecule has 1 amide bonds. The Bertz CT molecular complexity index is 1080. The van der Waals surface area contributed by atoms with Crippen molar-refractivity contribution < 1.29 is 9.18 Å². The number of hydrogen-bond acceptors (Lipinski definition) is 7. The summed E-state index contributed by atoms with van der Waals surface area (Å²) in [4.78, 5) is 29.1. The second-order valence-electron chi connectivity index (χ2n) is 8.08. The Hall–Kier alpha value is -3.75. The van der Waals surface area contributed by atoms with E-state index < -0.39 is 0 Å². The van der Waals surface area contributed by atoms with Crippen molar-refractivity contribution >= 4 is 29.0 Å². The van der Waals surface area contributed by atoms with Crippen molar-refractivity contribution in [1.82, 2.24) is 19.9 Å². The van der Waals surface area contributed by atoms with Crippen LogP contribution in [-0.2, 0) is 4.79 Å². The lowest BCUT2D eigenvalue weighted by Gasteiger charge is -2.25. The lowest BCUT2D eigenvalue weighted by molar-refractivity contribution is -0.128. The number of pyridine rings is 1. The second-order valence-corrected chi connectivity index (χ2v) is 8.08. The van der Waals surface area contributed by atoms with Crippen molar-refractivity contribution in [3.63, 3.8) is 0 Å². The fourth-order valence-electron chi connectivity index (χ4n) is 3.88. The summed E-state index contributed by atoms with van der Waals surface area (Å²) in [7, 11) is 0. The zero-order valence-electron chi connectivity index (χ0n) is 18.8. The number of carbonyl (C=O) groups excluding carboxylic acids is 1. The summed E-state index contributed by atoms with van der Waals surface area (Å²) < 4.78 is 13.3. The maximum Gasteiger partial charge on any atom is 0.219 e. The summed E-state index contributed by atoms with van der Waals surface area (Å²) in [5, 5.41) is 6.65. The largest absolute Gasteiger partial charge is 0.369 e. The molecule has 9 heteroatoms. The predicted octanol–water partition coefficient (Wildman–Crippen LogP) is 3.99. The second kappa shape index (κ2) is 10.2. The van der Waals surface area contributed by atoms with Gasteiger partial charge in [-0.3, -0.25) is 9.78 Å². The number of aromatic nitrogens is 3. The van der Waals surface area contributed by atoms with Gasteiger partial charge in [-0.05, 0) is 31.0 Å². The Kier molecular flexibility index (Phi) is 6.97. The lowest BCUT2D eigenvalue weighted by Crippen LogP contribution is -2.33. The van der Waals surface area contributed by atoms with Gasteiger partial charge in [-0.2, -0.15) is 0 Å². The van der Waals surface area contributed by atoms with Crippen LogP contribution < -0.4 is 15.5 Å². The Labute approximate surface area is 192 Å². The molecule has 3 aromatic rings. The summed E-state index contributed by atoms with van der Waals surface area (Å²) in [5.41, 5.74) is 1.95. The fraction of sp³-hybridized carbons (Fsp3) is 0.333. The highest BCUT2D eigenvalue weighted by atomic mass is 19.1. The third-order valence-corrected chi connectivity index (χ3v) is 5.67.